The highest BCUT2D eigenvalue weighted by Gasteiger charge is 2.26. The Morgan fingerprint density at radius 1 is 1.14 bits per heavy atom. The Morgan fingerprint density at radius 3 is 2.54 bits per heavy atom. The smallest absolute Gasteiger partial charge is 0.222 e. The molecule has 1 atom stereocenters. The van der Waals surface area contributed by atoms with Gasteiger partial charge in [0.2, 0.25) is 5.91 Å². The van der Waals surface area contributed by atoms with Crippen molar-refractivity contribution in [1.29, 1.82) is 0 Å². The molecule has 1 aromatic carbocycles. The van der Waals surface area contributed by atoms with Gasteiger partial charge in [0.15, 0.2) is 5.96 Å². The average molecular weight is 386 g/mol. The first-order valence-electron chi connectivity index (χ1n) is 9.53. The molecule has 1 aromatic heterocycles. The van der Waals surface area contributed by atoms with Gasteiger partial charge in [-0.2, -0.15) is 0 Å². The number of aliphatic hydroxyl groups is 1. The number of furan rings is 1. The Bertz CT molecular complexity index is 769. The van der Waals surface area contributed by atoms with Crippen LogP contribution in [0, 0.1) is 6.92 Å². The Labute approximate surface area is 166 Å². The van der Waals surface area contributed by atoms with E-state index in [9.17, 15) is 9.90 Å². The summed E-state index contributed by atoms with van der Waals surface area (Å²) in [6.07, 6.45) is 0.324. The van der Waals surface area contributed by atoms with Gasteiger partial charge in [0.1, 0.15) is 17.1 Å². The Balaban J connectivity index is 1.79. The first-order chi connectivity index (χ1) is 13.4. The molecule has 0 aliphatic heterocycles. The number of rotatable bonds is 9. The highest BCUT2D eigenvalue weighted by atomic mass is 16.4. The summed E-state index contributed by atoms with van der Waals surface area (Å²) in [5, 5.41) is 19.7. The molecule has 28 heavy (non-hydrogen) atoms. The summed E-state index contributed by atoms with van der Waals surface area (Å²) in [7, 11) is 0. The first kappa shape index (κ1) is 21.5. The number of aryl methyl sites for hydroxylation is 1. The van der Waals surface area contributed by atoms with E-state index in [0.717, 1.165) is 11.3 Å². The summed E-state index contributed by atoms with van der Waals surface area (Å²) in [6, 6.07) is 13.3. The molecule has 0 fully saturated rings. The molecule has 2 aromatic rings. The summed E-state index contributed by atoms with van der Waals surface area (Å²) in [6.45, 7) is 7.21. The lowest BCUT2D eigenvalue weighted by atomic mass is 10.0. The van der Waals surface area contributed by atoms with Crippen molar-refractivity contribution in [2.75, 3.05) is 19.6 Å². The molecule has 0 bridgehead atoms. The average Bonchev–Trinajstić information content (AvgIpc) is 3.13. The molecular weight excluding hydrogens is 356 g/mol. The monoisotopic (exact) mass is 386 g/mol. The van der Waals surface area contributed by atoms with Crippen molar-refractivity contribution in [3.8, 4) is 0 Å². The normalized spacial score (nSPS) is 13.6. The molecule has 0 aliphatic rings. The van der Waals surface area contributed by atoms with E-state index >= 15 is 0 Å². The zero-order chi connectivity index (χ0) is 20.4. The van der Waals surface area contributed by atoms with Crippen LogP contribution in [0.15, 0.2) is 51.9 Å². The Kier molecular flexibility index (Phi) is 8.07. The van der Waals surface area contributed by atoms with Crippen LogP contribution in [0.25, 0.3) is 0 Å². The fourth-order valence-electron chi connectivity index (χ4n) is 2.56. The number of guanidine groups is 1. The van der Waals surface area contributed by atoms with Crippen LogP contribution in [0.1, 0.15) is 37.4 Å². The van der Waals surface area contributed by atoms with Gasteiger partial charge in [-0.05, 0) is 38.5 Å². The predicted molar refractivity (Wildman–Crippen MR) is 110 cm³/mol. The van der Waals surface area contributed by atoms with Crippen LogP contribution < -0.4 is 16.0 Å². The number of carbonyl (C=O) groups is 1. The van der Waals surface area contributed by atoms with Crippen LogP contribution in [-0.2, 0) is 16.9 Å². The van der Waals surface area contributed by atoms with Gasteiger partial charge in [-0.25, -0.2) is 4.99 Å². The molecule has 0 radical (unpaired) electrons. The van der Waals surface area contributed by atoms with Crippen LogP contribution >= 0.6 is 0 Å². The highest BCUT2D eigenvalue weighted by molar-refractivity contribution is 5.81. The number of nitrogens with one attached hydrogen (secondary N) is 3. The number of hydrogen-bond acceptors (Lipinski definition) is 4. The fourth-order valence-corrected chi connectivity index (χ4v) is 2.56. The second kappa shape index (κ2) is 10.5. The second-order valence-electron chi connectivity index (χ2n) is 6.82. The minimum Gasteiger partial charge on any atom is -0.463 e. The molecule has 1 unspecified atom stereocenters. The summed E-state index contributed by atoms with van der Waals surface area (Å²) in [4.78, 5) is 16.4. The van der Waals surface area contributed by atoms with Crippen molar-refractivity contribution in [2.45, 2.75) is 39.3 Å². The number of amides is 1. The van der Waals surface area contributed by atoms with Crippen molar-refractivity contribution in [2.24, 2.45) is 4.99 Å². The maximum absolute atomic E-state index is 12.0. The lowest BCUT2D eigenvalue weighted by Crippen LogP contribution is -2.40. The maximum Gasteiger partial charge on any atom is 0.222 e. The molecular formula is C21H30N4O3. The molecule has 1 amide bonds. The van der Waals surface area contributed by atoms with E-state index in [1.54, 1.807) is 13.0 Å². The predicted octanol–water partition coefficient (Wildman–Crippen LogP) is 2.06. The van der Waals surface area contributed by atoms with Gasteiger partial charge < -0.3 is 25.5 Å². The van der Waals surface area contributed by atoms with Crippen molar-refractivity contribution >= 4 is 11.9 Å². The van der Waals surface area contributed by atoms with Gasteiger partial charge in [0, 0.05) is 26.1 Å². The summed E-state index contributed by atoms with van der Waals surface area (Å²) >= 11 is 0. The number of benzene rings is 1. The largest absolute Gasteiger partial charge is 0.463 e. The number of nitrogens with zero attached hydrogens (tertiary/aromatic N) is 1. The third-order valence-electron chi connectivity index (χ3n) is 4.14. The van der Waals surface area contributed by atoms with Gasteiger partial charge in [-0.3, -0.25) is 4.79 Å². The molecule has 7 nitrogen and oxygen atoms in total. The number of hydrogen-bond donors (Lipinski definition) is 4. The third-order valence-corrected chi connectivity index (χ3v) is 4.14. The van der Waals surface area contributed by atoms with Crippen molar-refractivity contribution in [1.82, 2.24) is 16.0 Å². The van der Waals surface area contributed by atoms with E-state index in [4.69, 9.17) is 4.42 Å². The van der Waals surface area contributed by atoms with E-state index in [1.807, 2.05) is 50.2 Å². The highest BCUT2D eigenvalue weighted by Crippen LogP contribution is 2.22. The van der Waals surface area contributed by atoms with Gasteiger partial charge >= 0.3 is 0 Å². The van der Waals surface area contributed by atoms with Crippen molar-refractivity contribution in [3.05, 3.63) is 59.5 Å². The van der Waals surface area contributed by atoms with Crippen molar-refractivity contribution in [3.63, 3.8) is 0 Å². The SMILES string of the molecule is CCNC(=NCC(C)(O)c1ccc(C)o1)NCCC(=O)NCc1ccccc1. The van der Waals surface area contributed by atoms with Gasteiger partial charge in [-0.15, -0.1) is 0 Å². The van der Waals surface area contributed by atoms with E-state index in [2.05, 4.69) is 20.9 Å². The molecule has 0 saturated carbocycles. The van der Waals surface area contributed by atoms with E-state index in [0.29, 0.717) is 37.8 Å². The van der Waals surface area contributed by atoms with E-state index < -0.39 is 5.60 Å². The Hall–Kier alpha value is -2.80. The topological polar surface area (TPSA) is 98.9 Å². The molecule has 0 aliphatic carbocycles. The molecule has 1 heterocycles. The fraction of sp³-hybridized carbons (Fsp3) is 0.429. The van der Waals surface area contributed by atoms with Crippen LogP contribution in [0.3, 0.4) is 0 Å². The number of carbonyl (C=O) groups excluding carboxylic acids is 1. The summed E-state index contributed by atoms with van der Waals surface area (Å²) in [5.41, 5.74) is -0.141. The van der Waals surface area contributed by atoms with Gasteiger partial charge in [0.25, 0.3) is 0 Å². The molecule has 0 spiro atoms. The quantitative estimate of drug-likeness (QED) is 0.391. The summed E-state index contributed by atoms with van der Waals surface area (Å²) < 4.78 is 5.50. The maximum atomic E-state index is 12.0. The first-order valence-corrected chi connectivity index (χ1v) is 9.53. The molecule has 7 heteroatoms. The summed E-state index contributed by atoms with van der Waals surface area (Å²) in [5.74, 6) is 1.72. The standard InChI is InChI=1S/C21H30N4O3/c1-4-22-20(25-15-21(3,27)18-11-10-16(2)28-18)23-13-12-19(26)24-14-17-8-6-5-7-9-17/h5-11,27H,4,12-15H2,1-3H3,(H,24,26)(H2,22,23,25). The molecule has 152 valence electrons. The number of aliphatic imine (C=N–C) groups is 1. The van der Waals surface area contributed by atoms with Crippen molar-refractivity contribution < 1.29 is 14.3 Å². The minimum absolute atomic E-state index is 0.0368. The molecule has 2 rings (SSSR count). The van der Waals surface area contributed by atoms with Crippen LogP contribution in [-0.4, -0.2) is 36.6 Å². The second-order valence-corrected chi connectivity index (χ2v) is 6.82. The Morgan fingerprint density at radius 2 is 1.89 bits per heavy atom. The van der Waals surface area contributed by atoms with Crippen LogP contribution in [0.5, 0.6) is 0 Å². The zero-order valence-electron chi connectivity index (χ0n) is 16.8. The molecule has 4 N–H and O–H groups in total. The molecule has 0 saturated heterocycles. The minimum atomic E-state index is -1.20. The lowest BCUT2D eigenvalue weighted by Gasteiger charge is -2.19. The van der Waals surface area contributed by atoms with E-state index in [-0.39, 0.29) is 12.5 Å². The lowest BCUT2D eigenvalue weighted by molar-refractivity contribution is -0.121. The van der Waals surface area contributed by atoms with E-state index in [1.165, 1.54) is 0 Å². The van der Waals surface area contributed by atoms with Gasteiger partial charge in [0.05, 0.1) is 6.54 Å². The zero-order valence-corrected chi connectivity index (χ0v) is 16.8. The van der Waals surface area contributed by atoms with Crippen LogP contribution in [0.4, 0.5) is 0 Å². The van der Waals surface area contributed by atoms with Gasteiger partial charge in [-0.1, -0.05) is 30.3 Å². The third kappa shape index (κ3) is 7.08. The van der Waals surface area contributed by atoms with Crippen LogP contribution in [0.2, 0.25) is 0 Å².